The van der Waals surface area contributed by atoms with Gasteiger partial charge < -0.3 is 15.1 Å². The second-order valence-corrected chi connectivity index (χ2v) is 7.11. The van der Waals surface area contributed by atoms with Crippen molar-refractivity contribution in [2.45, 2.75) is 38.3 Å². The lowest BCUT2D eigenvalue weighted by Gasteiger charge is -2.32. The fourth-order valence-electron chi connectivity index (χ4n) is 3.67. The van der Waals surface area contributed by atoms with Crippen LogP contribution in [0.1, 0.15) is 37.0 Å². The number of carbonyl (C=O) groups excluding carboxylic acids is 1. The van der Waals surface area contributed by atoms with Crippen LogP contribution in [0, 0.1) is 0 Å². The van der Waals surface area contributed by atoms with Crippen molar-refractivity contribution >= 4 is 27.8 Å². The number of nitrogens with one attached hydrogen (secondary N) is 2. The third-order valence-corrected chi connectivity index (χ3v) is 5.02. The Kier molecular flexibility index (Phi) is 3.57. The molecule has 24 heavy (non-hydrogen) atoms. The molecule has 0 aliphatic carbocycles. The normalized spacial score (nSPS) is 18.3. The zero-order valence-corrected chi connectivity index (χ0v) is 14.1. The highest BCUT2D eigenvalue weighted by Gasteiger charge is 2.33. The van der Waals surface area contributed by atoms with Crippen LogP contribution in [0.25, 0.3) is 21.9 Å². The summed E-state index contributed by atoms with van der Waals surface area (Å²) in [6.45, 7) is 5.17. The van der Waals surface area contributed by atoms with Gasteiger partial charge in [0.2, 0.25) is 0 Å². The summed E-state index contributed by atoms with van der Waals surface area (Å²) in [5.41, 5.74) is 1.76. The Bertz CT molecular complexity index is 904. The van der Waals surface area contributed by atoms with Gasteiger partial charge in [0, 0.05) is 16.8 Å². The van der Waals surface area contributed by atoms with Crippen molar-refractivity contribution in [2.75, 3.05) is 6.54 Å². The number of hydrogen-bond donors (Lipinski definition) is 2. The van der Waals surface area contributed by atoms with Gasteiger partial charge in [-0.25, -0.2) is 0 Å². The van der Waals surface area contributed by atoms with Gasteiger partial charge in [0.05, 0.1) is 11.1 Å². The van der Waals surface area contributed by atoms with Gasteiger partial charge >= 0.3 is 0 Å². The van der Waals surface area contributed by atoms with E-state index in [2.05, 4.69) is 24.5 Å². The standard InChI is InChI=1S/C20H22N2O2/c1-20(2,17-11-6-12-21-17)22-19(23)15-9-5-8-14-13-7-3-4-10-16(13)24-18(14)15/h3-5,7-10,17,21H,6,11-12H2,1-2H3,(H,22,23). The number of benzene rings is 2. The number of hydrogen-bond acceptors (Lipinski definition) is 3. The van der Waals surface area contributed by atoms with E-state index in [1.165, 1.54) is 0 Å². The van der Waals surface area contributed by atoms with Gasteiger partial charge in [-0.15, -0.1) is 0 Å². The van der Waals surface area contributed by atoms with E-state index in [4.69, 9.17) is 4.42 Å². The second-order valence-electron chi connectivity index (χ2n) is 7.11. The number of furan rings is 1. The van der Waals surface area contributed by atoms with Crippen LogP contribution in [0.2, 0.25) is 0 Å². The van der Waals surface area contributed by atoms with E-state index in [1.807, 2.05) is 42.5 Å². The van der Waals surface area contributed by atoms with Crippen molar-refractivity contribution in [3.63, 3.8) is 0 Å². The van der Waals surface area contributed by atoms with Gasteiger partial charge in [0.15, 0.2) is 0 Å². The predicted molar refractivity (Wildman–Crippen MR) is 96.3 cm³/mol. The maximum Gasteiger partial charge on any atom is 0.255 e. The van der Waals surface area contributed by atoms with E-state index >= 15 is 0 Å². The van der Waals surface area contributed by atoms with Crippen LogP contribution < -0.4 is 10.6 Å². The number of amides is 1. The van der Waals surface area contributed by atoms with Crippen LogP contribution in [0.15, 0.2) is 46.9 Å². The molecule has 1 unspecified atom stereocenters. The minimum absolute atomic E-state index is 0.0849. The fourth-order valence-corrected chi connectivity index (χ4v) is 3.67. The Balaban J connectivity index is 1.72. The molecule has 1 aromatic heterocycles. The van der Waals surface area contributed by atoms with Crippen molar-refractivity contribution < 1.29 is 9.21 Å². The van der Waals surface area contributed by atoms with Crippen LogP contribution in [-0.2, 0) is 0 Å². The van der Waals surface area contributed by atoms with Crippen molar-refractivity contribution in [1.29, 1.82) is 0 Å². The number of rotatable bonds is 3. The highest BCUT2D eigenvalue weighted by molar-refractivity contribution is 6.13. The van der Waals surface area contributed by atoms with E-state index < -0.39 is 0 Å². The highest BCUT2D eigenvalue weighted by Crippen LogP contribution is 2.31. The van der Waals surface area contributed by atoms with Crippen molar-refractivity contribution in [3.8, 4) is 0 Å². The molecule has 1 aliphatic rings. The molecule has 4 heteroatoms. The summed E-state index contributed by atoms with van der Waals surface area (Å²) in [7, 11) is 0. The summed E-state index contributed by atoms with van der Waals surface area (Å²) in [5.74, 6) is -0.0849. The summed E-state index contributed by atoms with van der Waals surface area (Å²) < 4.78 is 5.97. The van der Waals surface area contributed by atoms with E-state index in [9.17, 15) is 4.79 Å². The molecule has 0 spiro atoms. The zero-order chi connectivity index (χ0) is 16.7. The van der Waals surface area contributed by atoms with Crippen LogP contribution >= 0.6 is 0 Å². The molecule has 3 aromatic rings. The Morgan fingerprint density at radius 2 is 1.96 bits per heavy atom. The van der Waals surface area contributed by atoms with Gasteiger partial charge in [-0.05, 0) is 45.4 Å². The van der Waals surface area contributed by atoms with Gasteiger partial charge in [0.25, 0.3) is 5.91 Å². The maximum atomic E-state index is 12.9. The van der Waals surface area contributed by atoms with Crippen LogP contribution in [0.3, 0.4) is 0 Å². The fraction of sp³-hybridized carbons (Fsp3) is 0.350. The van der Waals surface area contributed by atoms with Gasteiger partial charge in [-0.1, -0.05) is 30.3 Å². The van der Waals surface area contributed by atoms with E-state index in [-0.39, 0.29) is 11.4 Å². The Labute approximate surface area is 141 Å². The largest absolute Gasteiger partial charge is 0.455 e. The number of para-hydroxylation sites is 2. The molecule has 0 bridgehead atoms. The molecule has 0 radical (unpaired) electrons. The summed E-state index contributed by atoms with van der Waals surface area (Å²) in [6, 6.07) is 13.9. The van der Waals surface area contributed by atoms with Gasteiger partial charge in [0.1, 0.15) is 11.2 Å². The van der Waals surface area contributed by atoms with Crippen LogP contribution in [0.4, 0.5) is 0 Å². The summed E-state index contributed by atoms with van der Waals surface area (Å²) in [4.78, 5) is 12.9. The first-order valence-corrected chi connectivity index (χ1v) is 8.52. The van der Waals surface area contributed by atoms with Gasteiger partial charge in [-0.3, -0.25) is 4.79 Å². The molecule has 4 nitrogen and oxygen atoms in total. The molecule has 1 amide bonds. The first-order chi connectivity index (χ1) is 11.6. The molecule has 4 rings (SSSR count). The average molecular weight is 322 g/mol. The lowest BCUT2D eigenvalue weighted by molar-refractivity contribution is 0.0897. The Morgan fingerprint density at radius 3 is 2.75 bits per heavy atom. The van der Waals surface area contributed by atoms with E-state index in [0.29, 0.717) is 17.2 Å². The van der Waals surface area contributed by atoms with Crippen LogP contribution in [-0.4, -0.2) is 24.0 Å². The molecular weight excluding hydrogens is 300 g/mol. The van der Waals surface area contributed by atoms with Crippen LogP contribution in [0.5, 0.6) is 0 Å². The maximum absolute atomic E-state index is 12.9. The summed E-state index contributed by atoms with van der Waals surface area (Å²) >= 11 is 0. The molecule has 124 valence electrons. The summed E-state index contributed by atoms with van der Waals surface area (Å²) in [5, 5.41) is 8.69. The molecule has 0 saturated carbocycles. The molecule has 1 fully saturated rings. The Hall–Kier alpha value is -2.33. The molecule has 2 aromatic carbocycles. The third kappa shape index (κ3) is 2.47. The molecule has 2 heterocycles. The SMILES string of the molecule is CC(C)(NC(=O)c1cccc2c1oc1ccccc12)C1CCCN1. The van der Waals surface area contributed by atoms with Crippen molar-refractivity contribution in [2.24, 2.45) is 0 Å². The second kappa shape index (κ2) is 5.64. The lowest BCUT2D eigenvalue weighted by atomic mass is 9.92. The first-order valence-electron chi connectivity index (χ1n) is 8.52. The highest BCUT2D eigenvalue weighted by atomic mass is 16.3. The topological polar surface area (TPSA) is 54.3 Å². The monoisotopic (exact) mass is 322 g/mol. The quantitative estimate of drug-likeness (QED) is 0.770. The number of fused-ring (bicyclic) bond motifs is 3. The third-order valence-electron chi connectivity index (χ3n) is 5.02. The first kappa shape index (κ1) is 15.2. The average Bonchev–Trinajstić information content (AvgIpc) is 3.22. The molecular formula is C20H22N2O2. The van der Waals surface area contributed by atoms with E-state index in [0.717, 1.165) is 35.7 Å². The van der Waals surface area contributed by atoms with Crippen molar-refractivity contribution in [3.05, 3.63) is 48.0 Å². The lowest BCUT2D eigenvalue weighted by Crippen LogP contribution is -2.55. The van der Waals surface area contributed by atoms with Gasteiger partial charge in [-0.2, -0.15) is 0 Å². The molecule has 2 N–H and O–H groups in total. The molecule has 1 aliphatic heterocycles. The Morgan fingerprint density at radius 1 is 1.17 bits per heavy atom. The number of carbonyl (C=O) groups is 1. The van der Waals surface area contributed by atoms with E-state index in [1.54, 1.807) is 0 Å². The minimum Gasteiger partial charge on any atom is -0.455 e. The molecule has 1 atom stereocenters. The minimum atomic E-state index is -0.304. The zero-order valence-electron chi connectivity index (χ0n) is 14.1. The predicted octanol–water partition coefficient (Wildman–Crippen LogP) is 3.85. The smallest absolute Gasteiger partial charge is 0.255 e. The molecule has 1 saturated heterocycles. The summed E-state index contributed by atoms with van der Waals surface area (Å²) in [6.07, 6.45) is 2.24. The van der Waals surface area contributed by atoms with Crippen molar-refractivity contribution in [1.82, 2.24) is 10.6 Å².